The van der Waals surface area contributed by atoms with Gasteiger partial charge in [-0.3, -0.25) is 4.79 Å². The molecule has 1 amide bonds. The maximum atomic E-state index is 13.0. The van der Waals surface area contributed by atoms with Crippen molar-refractivity contribution in [3.63, 3.8) is 0 Å². The predicted octanol–water partition coefficient (Wildman–Crippen LogP) is 3.29. The largest absolute Gasteiger partial charge is 0.497 e. The first kappa shape index (κ1) is 16.3. The second kappa shape index (κ2) is 7.34. The van der Waals surface area contributed by atoms with E-state index in [0.29, 0.717) is 30.6 Å². The summed E-state index contributed by atoms with van der Waals surface area (Å²) < 4.78 is 10.7. The van der Waals surface area contributed by atoms with Gasteiger partial charge in [0.2, 0.25) is 5.88 Å². The summed E-state index contributed by atoms with van der Waals surface area (Å²) in [6, 6.07) is 11.7. The van der Waals surface area contributed by atoms with E-state index >= 15 is 0 Å². The lowest BCUT2D eigenvalue weighted by molar-refractivity contribution is 0.0724. The Hall–Kier alpha value is -2.56. The summed E-state index contributed by atoms with van der Waals surface area (Å²) in [6.45, 7) is 2.95. The van der Waals surface area contributed by atoms with E-state index in [9.17, 15) is 4.79 Å². The number of hydrogen-bond acceptors (Lipinski definition) is 4. The molecular formula is C19H22N2O3. The Morgan fingerprint density at radius 2 is 2.00 bits per heavy atom. The molecule has 0 saturated heterocycles. The van der Waals surface area contributed by atoms with E-state index in [4.69, 9.17) is 9.47 Å². The summed E-state index contributed by atoms with van der Waals surface area (Å²) in [6.07, 6.45) is 3.74. The number of pyridine rings is 1. The highest BCUT2D eigenvalue weighted by Gasteiger charge is 2.34. The number of aromatic nitrogens is 1. The van der Waals surface area contributed by atoms with Gasteiger partial charge in [0.15, 0.2) is 0 Å². The summed E-state index contributed by atoms with van der Waals surface area (Å²) in [7, 11) is 1.65. The van der Waals surface area contributed by atoms with E-state index in [2.05, 4.69) is 4.98 Å². The SMILES string of the molecule is CCOc1ncccc1C(=O)N(Cc1ccc(OC)cc1)C1CC1. The number of carbonyl (C=O) groups excluding carboxylic acids is 1. The molecule has 1 heterocycles. The van der Waals surface area contributed by atoms with E-state index < -0.39 is 0 Å². The topological polar surface area (TPSA) is 51.7 Å². The van der Waals surface area contributed by atoms with Crippen LogP contribution in [-0.2, 0) is 6.54 Å². The van der Waals surface area contributed by atoms with Crippen LogP contribution in [-0.4, -0.2) is 35.5 Å². The van der Waals surface area contributed by atoms with Gasteiger partial charge in [-0.05, 0) is 49.6 Å². The van der Waals surface area contributed by atoms with Crippen LogP contribution in [0.15, 0.2) is 42.6 Å². The number of ether oxygens (including phenoxy) is 2. The van der Waals surface area contributed by atoms with Gasteiger partial charge >= 0.3 is 0 Å². The van der Waals surface area contributed by atoms with Crippen molar-refractivity contribution >= 4 is 5.91 Å². The first-order chi connectivity index (χ1) is 11.7. The van der Waals surface area contributed by atoms with Gasteiger partial charge in [0.25, 0.3) is 5.91 Å². The molecule has 0 spiro atoms. The predicted molar refractivity (Wildman–Crippen MR) is 91.3 cm³/mol. The van der Waals surface area contributed by atoms with Crippen molar-refractivity contribution in [2.75, 3.05) is 13.7 Å². The minimum Gasteiger partial charge on any atom is -0.497 e. The maximum Gasteiger partial charge on any atom is 0.259 e. The Kier molecular flexibility index (Phi) is 4.99. The molecule has 1 aliphatic rings. The van der Waals surface area contributed by atoms with E-state index in [-0.39, 0.29) is 5.91 Å². The van der Waals surface area contributed by atoms with Crippen LogP contribution in [0.3, 0.4) is 0 Å². The first-order valence-corrected chi connectivity index (χ1v) is 8.24. The summed E-state index contributed by atoms with van der Waals surface area (Å²) >= 11 is 0. The first-order valence-electron chi connectivity index (χ1n) is 8.24. The Morgan fingerprint density at radius 1 is 1.25 bits per heavy atom. The minimum absolute atomic E-state index is 0.0233. The molecular weight excluding hydrogens is 304 g/mol. The Balaban J connectivity index is 1.81. The zero-order valence-corrected chi connectivity index (χ0v) is 14.1. The molecule has 1 aliphatic carbocycles. The van der Waals surface area contributed by atoms with E-state index in [1.807, 2.05) is 36.1 Å². The highest BCUT2D eigenvalue weighted by atomic mass is 16.5. The third-order valence-electron chi connectivity index (χ3n) is 4.04. The molecule has 0 aliphatic heterocycles. The van der Waals surface area contributed by atoms with Crippen LogP contribution >= 0.6 is 0 Å². The zero-order valence-electron chi connectivity index (χ0n) is 14.1. The second-order valence-corrected chi connectivity index (χ2v) is 5.80. The van der Waals surface area contributed by atoms with E-state index in [0.717, 1.165) is 24.2 Å². The fourth-order valence-electron chi connectivity index (χ4n) is 2.64. The van der Waals surface area contributed by atoms with Crippen LogP contribution in [0.4, 0.5) is 0 Å². The van der Waals surface area contributed by atoms with Crippen molar-refractivity contribution in [3.8, 4) is 11.6 Å². The molecule has 3 rings (SSSR count). The molecule has 1 aromatic carbocycles. The van der Waals surface area contributed by atoms with Crippen LogP contribution in [0.5, 0.6) is 11.6 Å². The van der Waals surface area contributed by atoms with Crippen molar-refractivity contribution in [1.29, 1.82) is 0 Å². The standard InChI is InChI=1S/C19H22N2O3/c1-3-24-18-17(5-4-12-20-18)19(22)21(15-8-9-15)13-14-6-10-16(23-2)11-7-14/h4-7,10-12,15H,3,8-9,13H2,1-2H3. The second-order valence-electron chi connectivity index (χ2n) is 5.80. The molecule has 0 radical (unpaired) electrons. The number of nitrogens with zero attached hydrogens (tertiary/aromatic N) is 2. The molecule has 1 saturated carbocycles. The molecule has 126 valence electrons. The molecule has 5 heteroatoms. The van der Waals surface area contributed by atoms with Crippen LogP contribution < -0.4 is 9.47 Å². The summed E-state index contributed by atoms with van der Waals surface area (Å²) in [5.74, 6) is 1.20. The number of benzene rings is 1. The number of rotatable bonds is 7. The number of hydrogen-bond donors (Lipinski definition) is 0. The molecule has 0 N–H and O–H groups in total. The van der Waals surface area contributed by atoms with Crippen LogP contribution in [0.1, 0.15) is 35.7 Å². The molecule has 0 atom stereocenters. The molecule has 24 heavy (non-hydrogen) atoms. The van der Waals surface area contributed by atoms with Crippen LogP contribution in [0.2, 0.25) is 0 Å². The molecule has 2 aromatic rings. The highest BCUT2D eigenvalue weighted by Crippen LogP contribution is 2.31. The minimum atomic E-state index is -0.0233. The van der Waals surface area contributed by atoms with Crippen molar-refractivity contribution in [2.45, 2.75) is 32.4 Å². The summed E-state index contributed by atoms with van der Waals surface area (Å²) in [5.41, 5.74) is 1.61. The van der Waals surface area contributed by atoms with Gasteiger partial charge in [-0.15, -0.1) is 0 Å². The van der Waals surface area contributed by atoms with Gasteiger partial charge in [-0.1, -0.05) is 12.1 Å². The third kappa shape index (κ3) is 3.67. The smallest absolute Gasteiger partial charge is 0.259 e. The van der Waals surface area contributed by atoms with Gasteiger partial charge in [-0.25, -0.2) is 4.98 Å². The summed E-state index contributed by atoms with van der Waals surface area (Å²) in [5, 5.41) is 0. The van der Waals surface area contributed by atoms with E-state index in [1.165, 1.54) is 0 Å². The molecule has 0 unspecified atom stereocenters. The van der Waals surface area contributed by atoms with Gasteiger partial charge in [-0.2, -0.15) is 0 Å². The Labute approximate surface area is 142 Å². The number of carbonyl (C=O) groups is 1. The molecule has 1 fully saturated rings. The van der Waals surface area contributed by atoms with Crippen molar-refractivity contribution in [2.24, 2.45) is 0 Å². The average molecular weight is 326 g/mol. The van der Waals surface area contributed by atoms with Gasteiger partial charge in [0.05, 0.1) is 13.7 Å². The number of methoxy groups -OCH3 is 1. The molecule has 5 nitrogen and oxygen atoms in total. The third-order valence-corrected chi connectivity index (χ3v) is 4.04. The van der Waals surface area contributed by atoms with Gasteiger partial charge in [0, 0.05) is 18.8 Å². The fourth-order valence-corrected chi connectivity index (χ4v) is 2.64. The molecule has 0 bridgehead atoms. The highest BCUT2D eigenvalue weighted by molar-refractivity contribution is 5.96. The fraction of sp³-hybridized carbons (Fsp3) is 0.368. The molecule has 1 aromatic heterocycles. The summed E-state index contributed by atoms with van der Waals surface area (Å²) in [4.78, 5) is 19.1. The quantitative estimate of drug-likeness (QED) is 0.783. The normalized spacial score (nSPS) is 13.4. The van der Waals surface area contributed by atoms with Crippen molar-refractivity contribution in [1.82, 2.24) is 9.88 Å². The van der Waals surface area contributed by atoms with E-state index in [1.54, 1.807) is 25.4 Å². The van der Waals surface area contributed by atoms with Crippen molar-refractivity contribution in [3.05, 3.63) is 53.7 Å². The van der Waals surface area contributed by atoms with Crippen molar-refractivity contribution < 1.29 is 14.3 Å². The Morgan fingerprint density at radius 3 is 2.62 bits per heavy atom. The number of amides is 1. The van der Waals surface area contributed by atoms with Crippen LogP contribution in [0, 0.1) is 0 Å². The lowest BCUT2D eigenvalue weighted by Gasteiger charge is -2.23. The zero-order chi connectivity index (χ0) is 16.9. The average Bonchev–Trinajstić information content (AvgIpc) is 3.45. The monoisotopic (exact) mass is 326 g/mol. The Bertz CT molecular complexity index is 696. The lowest BCUT2D eigenvalue weighted by Crippen LogP contribution is -2.33. The maximum absolute atomic E-state index is 13.0. The lowest BCUT2D eigenvalue weighted by atomic mass is 10.1. The van der Waals surface area contributed by atoms with Gasteiger partial charge < -0.3 is 14.4 Å². The van der Waals surface area contributed by atoms with Crippen LogP contribution in [0.25, 0.3) is 0 Å². The van der Waals surface area contributed by atoms with Gasteiger partial charge in [0.1, 0.15) is 11.3 Å².